The van der Waals surface area contributed by atoms with Gasteiger partial charge in [-0.1, -0.05) is 0 Å². The van der Waals surface area contributed by atoms with E-state index in [1.54, 1.807) is 0 Å². The number of likely N-dealkylation sites (N-methyl/N-ethyl adjacent to an activating group) is 1. The lowest BCUT2D eigenvalue weighted by molar-refractivity contribution is 0.198. The lowest BCUT2D eigenvalue weighted by Gasteiger charge is -2.31. The van der Waals surface area contributed by atoms with Crippen molar-refractivity contribution in [1.29, 1.82) is 0 Å². The zero-order valence-electron chi connectivity index (χ0n) is 8.17. The van der Waals surface area contributed by atoms with Crippen LogP contribution in [0.5, 0.6) is 0 Å². The molecule has 0 spiro atoms. The Hall–Kier alpha value is -0.870. The second-order valence-electron chi connectivity index (χ2n) is 3.68. The summed E-state index contributed by atoms with van der Waals surface area (Å²) in [4.78, 5) is 2.34. The van der Waals surface area contributed by atoms with Gasteiger partial charge in [0.2, 0.25) is 0 Å². The smallest absolute Gasteiger partial charge is 0.0809 e. The molecule has 0 saturated carbocycles. The fraction of sp³-hybridized carbons (Fsp3) is 0.667. The maximum atomic E-state index is 4.28. The van der Waals surface area contributed by atoms with Crippen molar-refractivity contribution in [2.24, 2.45) is 0 Å². The highest BCUT2D eigenvalue weighted by Gasteiger charge is 2.21. The summed E-state index contributed by atoms with van der Waals surface area (Å²) < 4.78 is 0. The summed E-state index contributed by atoms with van der Waals surface area (Å²) >= 11 is 0. The molecule has 1 fully saturated rings. The van der Waals surface area contributed by atoms with Gasteiger partial charge in [0.15, 0.2) is 0 Å². The number of piperazine rings is 1. The van der Waals surface area contributed by atoms with Gasteiger partial charge in [-0.2, -0.15) is 5.10 Å². The predicted molar refractivity (Wildman–Crippen MR) is 51.6 cm³/mol. The second-order valence-corrected chi connectivity index (χ2v) is 3.68. The van der Waals surface area contributed by atoms with Gasteiger partial charge in [-0.25, -0.2) is 0 Å². The van der Waals surface area contributed by atoms with Gasteiger partial charge in [0.1, 0.15) is 0 Å². The van der Waals surface area contributed by atoms with E-state index < -0.39 is 0 Å². The average molecular weight is 180 g/mol. The van der Waals surface area contributed by atoms with Gasteiger partial charge in [0.05, 0.1) is 11.7 Å². The van der Waals surface area contributed by atoms with Gasteiger partial charge in [-0.05, 0) is 20.0 Å². The number of hydrogen-bond acceptors (Lipinski definition) is 3. The minimum atomic E-state index is 0.429. The molecule has 0 aliphatic carbocycles. The molecule has 1 unspecified atom stereocenters. The summed E-state index contributed by atoms with van der Waals surface area (Å²) in [6.07, 6.45) is 0. The highest BCUT2D eigenvalue weighted by Crippen LogP contribution is 2.18. The van der Waals surface area contributed by atoms with Gasteiger partial charge in [-0.15, -0.1) is 0 Å². The Kier molecular flexibility index (Phi) is 2.33. The third-order valence-corrected chi connectivity index (χ3v) is 2.58. The van der Waals surface area contributed by atoms with Crippen LogP contribution in [0.1, 0.15) is 17.4 Å². The van der Waals surface area contributed by atoms with Crippen molar-refractivity contribution in [2.45, 2.75) is 13.0 Å². The first kappa shape index (κ1) is 8.72. The van der Waals surface area contributed by atoms with Crippen LogP contribution in [0.15, 0.2) is 6.07 Å². The molecule has 1 aromatic rings. The standard InChI is InChI=1S/C9H16N4/c1-7-5-8(12-11-7)9-6-10-3-4-13(9)2/h5,9-10H,3-4,6H2,1-2H3,(H,11,12). The monoisotopic (exact) mass is 180 g/mol. The summed E-state index contributed by atoms with van der Waals surface area (Å²) in [5.41, 5.74) is 2.28. The summed E-state index contributed by atoms with van der Waals surface area (Å²) in [5.74, 6) is 0. The molecule has 2 N–H and O–H groups in total. The number of rotatable bonds is 1. The number of hydrogen-bond donors (Lipinski definition) is 2. The van der Waals surface area contributed by atoms with Crippen LogP contribution in [0.25, 0.3) is 0 Å². The third kappa shape index (κ3) is 1.73. The predicted octanol–water partition coefficient (Wildman–Crippen LogP) is 0.294. The molecule has 1 aromatic heterocycles. The van der Waals surface area contributed by atoms with E-state index in [2.05, 4.69) is 33.5 Å². The number of nitrogens with zero attached hydrogens (tertiary/aromatic N) is 2. The molecule has 0 bridgehead atoms. The van der Waals surface area contributed by atoms with Crippen LogP contribution < -0.4 is 5.32 Å². The summed E-state index contributed by atoms with van der Waals surface area (Å²) in [7, 11) is 2.15. The van der Waals surface area contributed by atoms with Crippen LogP contribution in [0, 0.1) is 6.92 Å². The minimum absolute atomic E-state index is 0.429. The SMILES string of the molecule is Cc1cc(C2CNCCN2C)n[nH]1. The number of H-pyrrole nitrogens is 1. The molecule has 0 amide bonds. The van der Waals surface area contributed by atoms with Crippen LogP contribution in [0.4, 0.5) is 0 Å². The van der Waals surface area contributed by atoms with Crippen LogP contribution >= 0.6 is 0 Å². The zero-order chi connectivity index (χ0) is 9.26. The highest BCUT2D eigenvalue weighted by molar-refractivity contribution is 5.12. The Labute approximate surface area is 78.3 Å². The van der Waals surface area contributed by atoms with Gasteiger partial charge in [-0.3, -0.25) is 10.00 Å². The second kappa shape index (κ2) is 3.47. The number of aromatic nitrogens is 2. The lowest BCUT2D eigenvalue weighted by Crippen LogP contribution is -2.43. The van der Waals surface area contributed by atoms with Crippen molar-refractivity contribution >= 4 is 0 Å². The van der Waals surface area contributed by atoms with Gasteiger partial charge < -0.3 is 5.32 Å². The molecule has 2 heterocycles. The Morgan fingerprint density at radius 1 is 1.62 bits per heavy atom. The molecule has 72 valence electrons. The van der Waals surface area contributed by atoms with Gasteiger partial charge in [0.25, 0.3) is 0 Å². The fourth-order valence-corrected chi connectivity index (χ4v) is 1.75. The van der Waals surface area contributed by atoms with E-state index in [4.69, 9.17) is 0 Å². The molecule has 2 rings (SSSR count). The van der Waals surface area contributed by atoms with E-state index in [-0.39, 0.29) is 0 Å². The summed E-state index contributed by atoms with van der Waals surface area (Å²) in [6.45, 7) is 5.21. The molecule has 13 heavy (non-hydrogen) atoms. The highest BCUT2D eigenvalue weighted by atomic mass is 15.2. The first-order valence-electron chi connectivity index (χ1n) is 4.70. The van der Waals surface area contributed by atoms with Crippen LogP contribution in [0.3, 0.4) is 0 Å². The Balaban J connectivity index is 2.14. The lowest BCUT2D eigenvalue weighted by atomic mass is 10.1. The van der Waals surface area contributed by atoms with Crippen molar-refractivity contribution in [3.8, 4) is 0 Å². The van der Waals surface area contributed by atoms with E-state index >= 15 is 0 Å². The van der Waals surface area contributed by atoms with Crippen molar-refractivity contribution in [1.82, 2.24) is 20.4 Å². The zero-order valence-corrected chi connectivity index (χ0v) is 8.17. The van der Waals surface area contributed by atoms with E-state index in [1.807, 2.05) is 6.92 Å². The van der Waals surface area contributed by atoms with Gasteiger partial charge >= 0.3 is 0 Å². The van der Waals surface area contributed by atoms with Crippen molar-refractivity contribution < 1.29 is 0 Å². The maximum absolute atomic E-state index is 4.28. The summed E-state index contributed by atoms with van der Waals surface area (Å²) in [5, 5.41) is 10.6. The molecule has 4 heteroatoms. The number of aryl methyl sites for hydroxylation is 1. The minimum Gasteiger partial charge on any atom is -0.313 e. The molecule has 1 aliphatic rings. The van der Waals surface area contributed by atoms with Crippen LogP contribution in [0.2, 0.25) is 0 Å². The topological polar surface area (TPSA) is 44.0 Å². The fourth-order valence-electron chi connectivity index (χ4n) is 1.75. The molecule has 1 saturated heterocycles. The normalized spacial score (nSPS) is 24.9. The van der Waals surface area contributed by atoms with Crippen LogP contribution in [-0.4, -0.2) is 41.8 Å². The van der Waals surface area contributed by atoms with Crippen molar-refractivity contribution in [3.05, 3.63) is 17.5 Å². The Morgan fingerprint density at radius 3 is 3.08 bits per heavy atom. The number of nitrogens with one attached hydrogen (secondary N) is 2. The molecular weight excluding hydrogens is 164 g/mol. The van der Waals surface area contributed by atoms with E-state index in [0.29, 0.717) is 6.04 Å². The molecule has 4 nitrogen and oxygen atoms in total. The molecule has 1 aliphatic heterocycles. The number of aromatic amines is 1. The van der Waals surface area contributed by atoms with Gasteiger partial charge in [0, 0.05) is 25.3 Å². The van der Waals surface area contributed by atoms with Crippen LogP contribution in [-0.2, 0) is 0 Å². The quantitative estimate of drug-likeness (QED) is 0.653. The summed E-state index contributed by atoms with van der Waals surface area (Å²) in [6, 6.07) is 2.55. The van der Waals surface area contributed by atoms with E-state index in [0.717, 1.165) is 31.0 Å². The van der Waals surface area contributed by atoms with Crippen molar-refractivity contribution in [2.75, 3.05) is 26.7 Å². The van der Waals surface area contributed by atoms with E-state index in [1.165, 1.54) is 0 Å². The first-order chi connectivity index (χ1) is 6.27. The Bertz CT molecular complexity index is 281. The van der Waals surface area contributed by atoms with Crippen molar-refractivity contribution in [3.63, 3.8) is 0 Å². The Morgan fingerprint density at radius 2 is 2.46 bits per heavy atom. The van der Waals surface area contributed by atoms with E-state index in [9.17, 15) is 0 Å². The molecule has 1 atom stereocenters. The maximum Gasteiger partial charge on any atom is 0.0809 e. The molecule has 0 aromatic carbocycles. The third-order valence-electron chi connectivity index (χ3n) is 2.58. The largest absolute Gasteiger partial charge is 0.313 e. The first-order valence-corrected chi connectivity index (χ1v) is 4.70. The molecular formula is C9H16N4. The molecule has 0 radical (unpaired) electrons. The average Bonchev–Trinajstić information content (AvgIpc) is 2.53.